The summed E-state index contributed by atoms with van der Waals surface area (Å²) in [5.74, 6) is 0. The van der Waals surface area contributed by atoms with Crippen LogP contribution in [0.2, 0.25) is 0 Å². The number of alkyl halides is 3. The van der Waals surface area contributed by atoms with Crippen molar-refractivity contribution in [3.05, 3.63) is 35.4 Å². The van der Waals surface area contributed by atoms with Crippen LogP contribution in [-0.2, 0) is 16.3 Å². The van der Waals surface area contributed by atoms with E-state index in [1.165, 1.54) is 17.0 Å². The number of nitriles is 1. The highest BCUT2D eigenvalue weighted by atomic mass is 19.4. The summed E-state index contributed by atoms with van der Waals surface area (Å²) in [6.07, 6.45) is -4.13. The van der Waals surface area contributed by atoms with Gasteiger partial charge in [-0.15, -0.1) is 0 Å². The molecule has 25 heavy (non-hydrogen) atoms. The summed E-state index contributed by atoms with van der Waals surface area (Å²) in [4.78, 5) is 13.6. The average Bonchev–Trinajstić information content (AvgIpc) is 2.52. The van der Waals surface area contributed by atoms with Crippen LogP contribution in [0.4, 0.5) is 18.0 Å². The first-order valence-corrected chi connectivity index (χ1v) is 8.04. The van der Waals surface area contributed by atoms with Crippen molar-refractivity contribution in [1.82, 2.24) is 4.90 Å². The molecular formula is C18H21F3N2O2. The zero-order chi connectivity index (χ0) is 18.9. The minimum absolute atomic E-state index is 0.323. The fourth-order valence-corrected chi connectivity index (χ4v) is 2.84. The SMILES string of the molecule is CC(C)(C)OC(=O)N1CCC(C#N)(c2ccc(C(F)(F)F)cc2)CC1. The van der Waals surface area contributed by atoms with Crippen molar-refractivity contribution in [2.75, 3.05) is 13.1 Å². The number of likely N-dealkylation sites (tertiary alicyclic amines) is 1. The predicted octanol–water partition coefficient (Wildman–Crippen LogP) is 4.50. The smallest absolute Gasteiger partial charge is 0.416 e. The summed E-state index contributed by atoms with van der Waals surface area (Å²) >= 11 is 0. The van der Waals surface area contributed by atoms with Gasteiger partial charge in [-0.05, 0) is 51.3 Å². The van der Waals surface area contributed by atoms with E-state index in [1.807, 2.05) is 0 Å². The van der Waals surface area contributed by atoms with Crippen LogP contribution < -0.4 is 0 Å². The van der Waals surface area contributed by atoms with E-state index in [0.717, 1.165) is 12.1 Å². The van der Waals surface area contributed by atoms with Gasteiger partial charge in [0.25, 0.3) is 0 Å². The highest BCUT2D eigenvalue weighted by Crippen LogP contribution is 2.37. The molecule has 0 saturated carbocycles. The van der Waals surface area contributed by atoms with Gasteiger partial charge < -0.3 is 9.64 Å². The molecule has 2 rings (SSSR count). The van der Waals surface area contributed by atoms with Crippen LogP contribution in [0.3, 0.4) is 0 Å². The predicted molar refractivity (Wildman–Crippen MR) is 85.8 cm³/mol. The standard InChI is InChI=1S/C18H21F3N2O2/c1-16(2,3)25-15(24)23-10-8-17(12-22,9-11-23)13-4-6-14(7-5-13)18(19,20)21/h4-7H,8-11H2,1-3H3. The summed E-state index contributed by atoms with van der Waals surface area (Å²) in [6.45, 7) is 5.97. The van der Waals surface area contributed by atoms with E-state index in [-0.39, 0.29) is 0 Å². The monoisotopic (exact) mass is 354 g/mol. The van der Waals surface area contributed by atoms with E-state index in [1.54, 1.807) is 20.8 Å². The number of carbonyl (C=O) groups excluding carboxylic acids is 1. The Hall–Kier alpha value is -2.23. The lowest BCUT2D eigenvalue weighted by atomic mass is 9.74. The van der Waals surface area contributed by atoms with E-state index in [2.05, 4.69) is 6.07 Å². The molecule has 0 aromatic heterocycles. The van der Waals surface area contributed by atoms with Gasteiger partial charge in [0.05, 0.1) is 17.0 Å². The van der Waals surface area contributed by atoms with Gasteiger partial charge in [0.2, 0.25) is 0 Å². The molecule has 0 radical (unpaired) electrons. The molecule has 0 atom stereocenters. The first-order chi connectivity index (χ1) is 11.5. The highest BCUT2D eigenvalue weighted by Gasteiger charge is 2.39. The molecule has 1 amide bonds. The van der Waals surface area contributed by atoms with Gasteiger partial charge in [-0.3, -0.25) is 0 Å². The fourth-order valence-electron chi connectivity index (χ4n) is 2.84. The number of rotatable bonds is 1. The summed E-state index contributed by atoms with van der Waals surface area (Å²) in [5, 5.41) is 9.63. The molecule has 1 saturated heterocycles. The van der Waals surface area contributed by atoms with Crippen molar-refractivity contribution in [2.45, 2.75) is 50.8 Å². The number of nitrogens with zero attached hydrogens (tertiary/aromatic N) is 2. The second kappa shape index (κ2) is 6.58. The summed E-state index contributed by atoms with van der Waals surface area (Å²) in [6, 6.07) is 6.94. The third kappa shape index (κ3) is 4.44. The maximum Gasteiger partial charge on any atom is 0.416 e. The first-order valence-electron chi connectivity index (χ1n) is 8.04. The molecule has 0 spiro atoms. The average molecular weight is 354 g/mol. The normalized spacial score (nSPS) is 17.7. The fraction of sp³-hybridized carbons (Fsp3) is 0.556. The Kier molecular flexibility index (Phi) is 5.03. The minimum atomic E-state index is -4.40. The van der Waals surface area contributed by atoms with E-state index in [9.17, 15) is 23.2 Å². The Morgan fingerprint density at radius 3 is 2.08 bits per heavy atom. The minimum Gasteiger partial charge on any atom is -0.444 e. The Balaban J connectivity index is 2.11. The van der Waals surface area contributed by atoms with Gasteiger partial charge in [-0.1, -0.05) is 12.1 Å². The summed E-state index contributed by atoms with van der Waals surface area (Å²) in [7, 11) is 0. The molecule has 1 aromatic rings. The Morgan fingerprint density at radius 2 is 1.68 bits per heavy atom. The molecule has 1 heterocycles. The molecule has 0 N–H and O–H groups in total. The number of hydrogen-bond acceptors (Lipinski definition) is 3. The van der Waals surface area contributed by atoms with Crippen molar-refractivity contribution in [2.24, 2.45) is 0 Å². The lowest BCUT2D eigenvalue weighted by molar-refractivity contribution is -0.137. The van der Waals surface area contributed by atoms with Crippen molar-refractivity contribution in [1.29, 1.82) is 5.26 Å². The highest BCUT2D eigenvalue weighted by molar-refractivity contribution is 5.68. The van der Waals surface area contributed by atoms with Crippen LogP contribution in [-0.4, -0.2) is 29.7 Å². The van der Waals surface area contributed by atoms with Crippen LogP contribution >= 0.6 is 0 Å². The molecule has 0 aliphatic carbocycles. The third-order valence-electron chi connectivity index (χ3n) is 4.25. The van der Waals surface area contributed by atoms with Crippen molar-refractivity contribution in [3.8, 4) is 6.07 Å². The number of halogens is 3. The molecule has 1 aliphatic rings. The number of piperidine rings is 1. The largest absolute Gasteiger partial charge is 0.444 e. The molecule has 0 bridgehead atoms. The number of hydrogen-bond donors (Lipinski definition) is 0. The number of amides is 1. The van der Waals surface area contributed by atoms with E-state index in [4.69, 9.17) is 4.74 Å². The third-order valence-corrected chi connectivity index (χ3v) is 4.25. The van der Waals surface area contributed by atoms with Crippen LogP contribution in [0.25, 0.3) is 0 Å². The molecule has 7 heteroatoms. The molecular weight excluding hydrogens is 333 g/mol. The summed E-state index contributed by atoms with van der Waals surface area (Å²) in [5.41, 5.74) is -1.68. The Bertz CT molecular complexity index is 662. The molecule has 1 aromatic carbocycles. The number of carbonyl (C=O) groups is 1. The Morgan fingerprint density at radius 1 is 1.16 bits per heavy atom. The van der Waals surface area contributed by atoms with Crippen LogP contribution in [0.15, 0.2) is 24.3 Å². The van der Waals surface area contributed by atoms with E-state index >= 15 is 0 Å². The second-order valence-electron chi connectivity index (χ2n) is 7.24. The first kappa shape index (κ1) is 19.1. The Labute approximate surface area is 145 Å². The lowest BCUT2D eigenvalue weighted by Crippen LogP contribution is -2.46. The van der Waals surface area contributed by atoms with E-state index in [0.29, 0.717) is 31.5 Å². The van der Waals surface area contributed by atoms with E-state index < -0.39 is 28.8 Å². The molecule has 4 nitrogen and oxygen atoms in total. The number of ether oxygens (including phenoxy) is 1. The van der Waals surface area contributed by atoms with Crippen molar-refractivity contribution in [3.63, 3.8) is 0 Å². The van der Waals surface area contributed by atoms with Crippen LogP contribution in [0, 0.1) is 11.3 Å². The zero-order valence-electron chi connectivity index (χ0n) is 14.5. The van der Waals surface area contributed by atoms with Gasteiger partial charge in [0.1, 0.15) is 5.60 Å². The van der Waals surface area contributed by atoms with Gasteiger partial charge >= 0.3 is 12.3 Å². The van der Waals surface area contributed by atoms with Gasteiger partial charge in [-0.2, -0.15) is 18.4 Å². The zero-order valence-corrected chi connectivity index (χ0v) is 14.5. The lowest BCUT2D eigenvalue weighted by Gasteiger charge is -2.38. The van der Waals surface area contributed by atoms with Gasteiger partial charge in [0, 0.05) is 13.1 Å². The molecule has 1 fully saturated rings. The topological polar surface area (TPSA) is 53.3 Å². The quantitative estimate of drug-likeness (QED) is 0.746. The van der Waals surface area contributed by atoms with Gasteiger partial charge in [0.15, 0.2) is 0 Å². The second-order valence-corrected chi connectivity index (χ2v) is 7.24. The molecule has 136 valence electrons. The number of benzene rings is 1. The van der Waals surface area contributed by atoms with Crippen LogP contribution in [0.5, 0.6) is 0 Å². The van der Waals surface area contributed by atoms with Crippen molar-refractivity contribution >= 4 is 6.09 Å². The van der Waals surface area contributed by atoms with Crippen LogP contribution in [0.1, 0.15) is 44.7 Å². The summed E-state index contributed by atoms with van der Waals surface area (Å²) < 4.78 is 43.4. The maximum atomic E-state index is 12.7. The van der Waals surface area contributed by atoms with Crippen molar-refractivity contribution < 1.29 is 22.7 Å². The molecule has 0 unspecified atom stereocenters. The van der Waals surface area contributed by atoms with Gasteiger partial charge in [-0.25, -0.2) is 4.79 Å². The molecule has 1 aliphatic heterocycles. The maximum absolute atomic E-state index is 12.7.